The highest BCUT2D eigenvalue weighted by Crippen LogP contribution is 2.24. The van der Waals surface area contributed by atoms with Crippen LogP contribution < -0.4 is 11.4 Å². The van der Waals surface area contributed by atoms with Gasteiger partial charge >= 0.3 is 0 Å². The van der Waals surface area contributed by atoms with Crippen LogP contribution >= 0.6 is 15.9 Å². The van der Waals surface area contributed by atoms with Crippen molar-refractivity contribution >= 4 is 37.6 Å². The molecule has 0 aliphatic carbocycles. The third-order valence-corrected chi connectivity index (χ3v) is 3.22. The first-order valence-electron chi connectivity index (χ1n) is 5.01. The highest BCUT2D eigenvalue weighted by Gasteiger charge is 2.07. The largest absolute Gasteiger partial charge is 0.335 e. The predicted octanol–water partition coefficient (Wildman–Crippen LogP) is 2.03. The molecule has 0 unspecified atom stereocenters. The Hall–Kier alpha value is -1.88. The monoisotopic (exact) mass is 289 g/mol. The van der Waals surface area contributed by atoms with E-state index in [4.69, 9.17) is 5.84 Å². The summed E-state index contributed by atoms with van der Waals surface area (Å²) in [6, 6.07) is 9.56. The van der Waals surface area contributed by atoms with Gasteiger partial charge < -0.3 is 5.84 Å². The van der Waals surface area contributed by atoms with E-state index < -0.39 is 0 Å². The van der Waals surface area contributed by atoms with Crippen LogP contribution in [0.2, 0.25) is 0 Å². The molecule has 3 rings (SSSR count). The maximum absolute atomic E-state index is 12.0. The fraction of sp³-hybridized carbons (Fsp3) is 0. The number of halogens is 1. The van der Waals surface area contributed by atoms with Crippen LogP contribution in [0.5, 0.6) is 0 Å². The van der Waals surface area contributed by atoms with Crippen LogP contribution in [0, 0.1) is 0 Å². The van der Waals surface area contributed by atoms with E-state index in [1.807, 2.05) is 30.3 Å². The van der Waals surface area contributed by atoms with Crippen LogP contribution in [-0.4, -0.2) is 9.66 Å². The van der Waals surface area contributed by atoms with Gasteiger partial charge in [0.25, 0.3) is 5.56 Å². The lowest BCUT2D eigenvalue weighted by atomic mass is 10.1. The molecule has 0 aliphatic heterocycles. The summed E-state index contributed by atoms with van der Waals surface area (Å²) in [5.41, 5.74) is 0.418. The molecular formula is C12H8BrN3O. The summed E-state index contributed by atoms with van der Waals surface area (Å²) in [5, 5.41) is 2.40. The maximum atomic E-state index is 12.0. The summed E-state index contributed by atoms with van der Waals surface area (Å²) < 4.78 is 1.92. The zero-order chi connectivity index (χ0) is 12.0. The van der Waals surface area contributed by atoms with E-state index in [1.54, 1.807) is 0 Å². The summed E-state index contributed by atoms with van der Waals surface area (Å²) in [7, 11) is 0. The quantitative estimate of drug-likeness (QED) is 0.509. The summed E-state index contributed by atoms with van der Waals surface area (Å²) in [4.78, 5) is 16.2. The molecule has 1 aromatic heterocycles. The average molecular weight is 290 g/mol. The number of nitrogen functional groups attached to an aromatic ring is 1. The lowest BCUT2D eigenvalue weighted by Gasteiger charge is -2.04. The van der Waals surface area contributed by atoms with Gasteiger partial charge in [-0.05, 0) is 29.0 Å². The van der Waals surface area contributed by atoms with Gasteiger partial charge in [0, 0.05) is 4.47 Å². The molecule has 0 aliphatic rings. The number of nitrogens with zero attached hydrogens (tertiary/aromatic N) is 2. The molecule has 2 aromatic carbocycles. The Morgan fingerprint density at radius 2 is 2.00 bits per heavy atom. The standard InChI is InChI=1S/C12H8BrN3O/c13-8-3-1-7-2-4-10-11(9(7)5-8)12(17)16(14)6-15-10/h1-6H,14H2. The SMILES string of the molecule is Nn1cnc2ccc3ccc(Br)cc3c2c1=O. The van der Waals surface area contributed by atoms with Gasteiger partial charge in [0.05, 0.1) is 10.9 Å². The molecule has 0 radical (unpaired) electrons. The lowest BCUT2D eigenvalue weighted by Crippen LogP contribution is -2.27. The van der Waals surface area contributed by atoms with Gasteiger partial charge in [-0.25, -0.2) is 9.66 Å². The van der Waals surface area contributed by atoms with Gasteiger partial charge in [-0.2, -0.15) is 0 Å². The summed E-state index contributed by atoms with van der Waals surface area (Å²) in [6.07, 6.45) is 1.33. The fourth-order valence-electron chi connectivity index (χ4n) is 1.92. The lowest BCUT2D eigenvalue weighted by molar-refractivity contribution is 0.915. The molecule has 17 heavy (non-hydrogen) atoms. The van der Waals surface area contributed by atoms with E-state index in [2.05, 4.69) is 20.9 Å². The summed E-state index contributed by atoms with van der Waals surface area (Å²) in [5.74, 6) is 5.54. The second-order valence-electron chi connectivity index (χ2n) is 3.78. The maximum Gasteiger partial charge on any atom is 0.280 e. The molecule has 5 heteroatoms. The van der Waals surface area contributed by atoms with Crippen molar-refractivity contribution in [3.05, 3.63) is 51.5 Å². The zero-order valence-corrected chi connectivity index (χ0v) is 10.3. The van der Waals surface area contributed by atoms with Crippen LogP contribution in [0.4, 0.5) is 0 Å². The zero-order valence-electron chi connectivity index (χ0n) is 8.72. The number of nitrogens with two attached hydrogens (primary N) is 1. The van der Waals surface area contributed by atoms with Gasteiger partial charge in [-0.3, -0.25) is 4.79 Å². The minimum atomic E-state index is -0.237. The van der Waals surface area contributed by atoms with E-state index in [9.17, 15) is 4.79 Å². The summed E-state index contributed by atoms with van der Waals surface area (Å²) in [6.45, 7) is 0. The number of benzene rings is 2. The Morgan fingerprint density at radius 3 is 2.82 bits per heavy atom. The van der Waals surface area contributed by atoms with Crippen LogP contribution in [-0.2, 0) is 0 Å². The van der Waals surface area contributed by atoms with E-state index in [-0.39, 0.29) is 5.56 Å². The van der Waals surface area contributed by atoms with E-state index >= 15 is 0 Å². The molecule has 0 fully saturated rings. The molecule has 0 amide bonds. The minimum absolute atomic E-state index is 0.237. The van der Waals surface area contributed by atoms with E-state index in [0.717, 1.165) is 19.9 Å². The molecule has 2 N–H and O–H groups in total. The van der Waals surface area contributed by atoms with Gasteiger partial charge in [0.1, 0.15) is 6.33 Å². The summed E-state index contributed by atoms with van der Waals surface area (Å²) >= 11 is 3.40. The first-order chi connectivity index (χ1) is 8.16. The number of hydrogen-bond acceptors (Lipinski definition) is 3. The topological polar surface area (TPSA) is 60.9 Å². The molecule has 0 bridgehead atoms. The molecule has 1 heterocycles. The molecule has 3 aromatic rings. The smallest absolute Gasteiger partial charge is 0.280 e. The average Bonchev–Trinajstić information content (AvgIpc) is 2.33. The van der Waals surface area contributed by atoms with E-state index in [1.165, 1.54) is 6.33 Å². The van der Waals surface area contributed by atoms with Crippen molar-refractivity contribution < 1.29 is 0 Å². The van der Waals surface area contributed by atoms with Gasteiger partial charge in [0.15, 0.2) is 0 Å². The van der Waals surface area contributed by atoms with Gasteiger partial charge in [0.2, 0.25) is 0 Å². The Balaban J connectivity index is 2.66. The minimum Gasteiger partial charge on any atom is -0.335 e. The van der Waals surface area contributed by atoms with Crippen LogP contribution in [0.1, 0.15) is 0 Å². The molecule has 0 spiro atoms. The van der Waals surface area contributed by atoms with Crippen molar-refractivity contribution in [2.75, 3.05) is 5.84 Å². The Bertz CT molecular complexity index is 795. The first kappa shape index (κ1) is 10.3. The second kappa shape index (κ2) is 3.56. The Labute approximate surface area is 105 Å². The Morgan fingerprint density at radius 1 is 1.24 bits per heavy atom. The molecule has 0 saturated carbocycles. The number of rotatable bonds is 0. The predicted molar refractivity (Wildman–Crippen MR) is 71.4 cm³/mol. The van der Waals surface area contributed by atoms with Gasteiger partial charge in [-0.1, -0.05) is 28.1 Å². The molecule has 84 valence electrons. The third kappa shape index (κ3) is 1.51. The van der Waals surface area contributed by atoms with Crippen molar-refractivity contribution in [1.82, 2.24) is 9.66 Å². The fourth-order valence-corrected chi connectivity index (χ4v) is 2.28. The Kier molecular flexibility index (Phi) is 2.16. The van der Waals surface area contributed by atoms with Crippen molar-refractivity contribution in [1.29, 1.82) is 0 Å². The molecule has 0 atom stereocenters. The van der Waals surface area contributed by atoms with Crippen molar-refractivity contribution in [2.24, 2.45) is 0 Å². The van der Waals surface area contributed by atoms with Crippen molar-refractivity contribution in [3.8, 4) is 0 Å². The van der Waals surface area contributed by atoms with Crippen LogP contribution in [0.25, 0.3) is 21.7 Å². The van der Waals surface area contributed by atoms with Crippen molar-refractivity contribution in [2.45, 2.75) is 0 Å². The highest BCUT2D eigenvalue weighted by molar-refractivity contribution is 9.10. The molecule has 0 saturated heterocycles. The van der Waals surface area contributed by atoms with Gasteiger partial charge in [-0.15, -0.1) is 0 Å². The normalized spacial score (nSPS) is 11.1. The highest BCUT2D eigenvalue weighted by atomic mass is 79.9. The first-order valence-corrected chi connectivity index (χ1v) is 5.81. The number of hydrogen-bond donors (Lipinski definition) is 1. The number of fused-ring (bicyclic) bond motifs is 3. The van der Waals surface area contributed by atoms with E-state index in [0.29, 0.717) is 10.9 Å². The number of aromatic nitrogens is 2. The van der Waals surface area contributed by atoms with Crippen LogP contribution in [0.15, 0.2) is 45.9 Å². The molecular weight excluding hydrogens is 282 g/mol. The molecule has 4 nitrogen and oxygen atoms in total. The second-order valence-corrected chi connectivity index (χ2v) is 4.70. The van der Waals surface area contributed by atoms with Crippen LogP contribution in [0.3, 0.4) is 0 Å². The third-order valence-electron chi connectivity index (χ3n) is 2.73. The van der Waals surface area contributed by atoms with Crippen molar-refractivity contribution in [3.63, 3.8) is 0 Å².